The molecule has 0 aliphatic carbocycles. The number of aromatic nitrogens is 2. The van der Waals surface area contributed by atoms with Crippen LogP contribution in [0.15, 0.2) is 6.07 Å². The Morgan fingerprint density at radius 2 is 2.36 bits per heavy atom. The van der Waals surface area contributed by atoms with Crippen molar-refractivity contribution in [3.05, 3.63) is 22.7 Å². The van der Waals surface area contributed by atoms with E-state index in [1.54, 1.807) is 0 Å². The first-order chi connectivity index (χ1) is 6.75. The van der Waals surface area contributed by atoms with E-state index in [2.05, 4.69) is 15.3 Å². The highest BCUT2D eigenvalue weighted by Crippen LogP contribution is 2.22. The summed E-state index contributed by atoms with van der Waals surface area (Å²) in [6.45, 7) is 4.01. The first-order valence-electron chi connectivity index (χ1n) is 4.97. The van der Waals surface area contributed by atoms with Gasteiger partial charge in [0.05, 0.1) is 0 Å². The average Bonchev–Trinajstić information content (AvgIpc) is 2.18. The van der Waals surface area contributed by atoms with Gasteiger partial charge in [-0.05, 0) is 32.4 Å². The van der Waals surface area contributed by atoms with Crippen molar-refractivity contribution in [2.75, 3.05) is 13.1 Å². The minimum absolute atomic E-state index is 0.503. The SMILES string of the molecule is Cc1nc(Cl)cc(C2CCCNC2)n1. The molecule has 2 rings (SSSR count). The number of nitrogens with one attached hydrogen (secondary N) is 1. The van der Waals surface area contributed by atoms with Crippen molar-refractivity contribution in [2.24, 2.45) is 0 Å². The molecule has 1 N–H and O–H groups in total. The predicted octanol–water partition coefficient (Wildman–Crippen LogP) is 1.91. The second-order valence-electron chi connectivity index (χ2n) is 3.71. The van der Waals surface area contributed by atoms with Gasteiger partial charge in [-0.3, -0.25) is 0 Å². The number of rotatable bonds is 1. The van der Waals surface area contributed by atoms with Crippen LogP contribution in [0.5, 0.6) is 0 Å². The van der Waals surface area contributed by atoms with Gasteiger partial charge in [0, 0.05) is 18.2 Å². The molecule has 0 bridgehead atoms. The van der Waals surface area contributed by atoms with Crippen LogP contribution in [0.1, 0.15) is 30.3 Å². The number of halogens is 1. The average molecular weight is 212 g/mol. The second-order valence-corrected chi connectivity index (χ2v) is 4.09. The summed E-state index contributed by atoms with van der Waals surface area (Å²) >= 11 is 5.90. The van der Waals surface area contributed by atoms with Gasteiger partial charge in [-0.15, -0.1) is 0 Å². The van der Waals surface area contributed by atoms with E-state index in [1.165, 1.54) is 12.8 Å². The maximum atomic E-state index is 5.90. The van der Waals surface area contributed by atoms with Crippen LogP contribution in [-0.4, -0.2) is 23.1 Å². The van der Waals surface area contributed by atoms with E-state index in [0.29, 0.717) is 11.1 Å². The Bertz CT molecular complexity index is 301. The van der Waals surface area contributed by atoms with Gasteiger partial charge >= 0.3 is 0 Å². The standard InChI is InChI=1S/C10H14ClN3/c1-7-13-9(5-10(11)14-7)8-3-2-4-12-6-8/h5,8,12H,2-4,6H2,1H3. The van der Waals surface area contributed by atoms with Crippen LogP contribution in [0.2, 0.25) is 5.15 Å². The van der Waals surface area contributed by atoms with E-state index >= 15 is 0 Å². The maximum absolute atomic E-state index is 5.90. The van der Waals surface area contributed by atoms with Crippen molar-refractivity contribution in [3.63, 3.8) is 0 Å². The first kappa shape index (κ1) is 9.87. The summed E-state index contributed by atoms with van der Waals surface area (Å²) in [6, 6.07) is 1.88. The molecule has 76 valence electrons. The Kier molecular flexibility index (Phi) is 2.99. The summed E-state index contributed by atoms with van der Waals surface area (Å²) in [5.41, 5.74) is 1.08. The largest absolute Gasteiger partial charge is 0.316 e. The van der Waals surface area contributed by atoms with Crippen LogP contribution in [-0.2, 0) is 0 Å². The van der Waals surface area contributed by atoms with Gasteiger partial charge < -0.3 is 5.32 Å². The first-order valence-corrected chi connectivity index (χ1v) is 5.35. The Morgan fingerprint density at radius 3 is 3.00 bits per heavy atom. The molecule has 0 amide bonds. The molecule has 14 heavy (non-hydrogen) atoms. The van der Waals surface area contributed by atoms with Crippen molar-refractivity contribution < 1.29 is 0 Å². The second kappa shape index (κ2) is 4.24. The highest BCUT2D eigenvalue weighted by molar-refractivity contribution is 6.29. The van der Waals surface area contributed by atoms with Crippen LogP contribution >= 0.6 is 11.6 Å². The van der Waals surface area contributed by atoms with Gasteiger partial charge in [0.25, 0.3) is 0 Å². The zero-order chi connectivity index (χ0) is 9.97. The molecule has 1 fully saturated rings. The Morgan fingerprint density at radius 1 is 1.50 bits per heavy atom. The lowest BCUT2D eigenvalue weighted by Gasteiger charge is -2.22. The number of aryl methyl sites for hydroxylation is 1. The Balaban J connectivity index is 2.21. The topological polar surface area (TPSA) is 37.8 Å². The molecule has 0 spiro atoms. The van der Waals surface area contributed by atoms with E-state index in [9.17, 15) is 0 Å². The van der Waals surface area contributed by atoms with Gasteiger partial charge in [-0.1, -0.05) is 11.6 Å². The van der Waals surface area contributed by atoms with Crippen LogP contribution in [0.3, 0.4) is 0 Å². The van der Waals surface area contributed by atoms with Crippen molar-refractivity contribution in [2.45, 2.75) is 25.7 Å². The van der Waals surface area contributed by atoms with Crippen LogP contribution in [0.25, 0.3) is 0 Å². The van der Waals surface area contributed by atoms with Crippen molar-refractivity contribution in [1.29, 1.82) is 0 Å². The molecular weight excluding hydrogens is 198 g/mol. The van der Waals surface area contributed by atoms with Gasteiger partial charge in [0.1, 0.15) is 11.0 Å². The third-order valence-electron chi connectivity index (χ3n) is 2.54. The summed E-state index contributed by atoms with van der Waals surface area (Å²) in [6.07, 6.45) is 2.41. The summed E-state index contributed by atoms with van der Waals surface area (Å²) < 4.78 is 0. The van der Waals surface area contributed by atoms with Crippen LogP contribution in [0.4, 0.5) is 0 Å². The fraction of sp³-hybridized carbons (Fsp3) is 0.600. The van der Waals surface area contributed by atoms with Crippen LogP contribution < -0.4 is 5.32 Å². The van der Waals surface area contributed by atoms with E-state index < -0.39 is 0 Å². The molecule has 3 nitrogen and oxygen atoms in total. The molecule has 4 heteroatoms. The molecular formula is C10H14ClN3. The normalized spacial score (nSPS) is 22.3. The minimum atomic E-state index is 0.503. The summed E-state index contributed by atoms with van der Waals surface area (Å²) in [7, 11) is 0. The van der Waals surface area contributed by atoms with E-state index in [4.69, 9.17) is 11.6 Å². The van der Waals surface area contributed by atoms with Gasteiger partial charge in [-0.25, -0.2) is 9.97 Å². The highest BCUT2D eigenvalue weighted by atomic mass is 35.5. The zero-order valence-electron chi connectivity index (χ0n) is 8.26. The van der Waals surface area contributed by atoms with Gasteiger partial charge in [0.15, 0.2) is 0 Å². The smallest absolute Gasteiger partial charge is 0.133 e. The third kappa shape index (κ3) is 2.22. The molecule has 1 aromatic heterocycles. The summed E-state index contributed by atoms with van der Waals surface area (Å²) in [4.78, 5) is 8.49. The fourth-order valence-electron chi connectivity index (χ4n) is 1.87. The molecule has 1 saturated heterocycles. The van der Waals surface area contributed by atoms with Crippen molar-refractivity contribution in [1.82, 2.24) is 15.3 Å². The van der Waals surface area contributed by atoms with E-state index in [-0.39, 0.29) is 0 Å². The van der Waals surface area contributed by atoms with Crippen molar-refractivity contribution >= 4 is 11.6 Å². The van der Waals surface area contributed by atoms with Gasteiger partial charge in [0.2, 0.25) is 0 Å². The molecule has 1 unspecified atom stereocenters. The molecule has 1 aliphatic rings. The lowest BCUT2D eigenvalue weighted by molar-refractivity contribution is 0.453. The lowest BCUT2D eigenvalue weighted by atomic mass is 9.96. The molecule has 1 atom stereocenters. The number of nitrogens with zero attached hydrogens (tertiary/aromatic N) is 2. The number of piperidine rings is 1. The third-order valence-corrected chi connectivity index (χ3v) is 2.74. The Labute approximate surface area is 88.9 Å². The molecule has 0 aromatic carbocycles. The maximum Gasteiger partial charge on any atom is 0.133 e. The predicted molar refractivity (Wildman–Crippen MR) is 56.6 cm³/mol. The minimum Gasteiger partial charge on any atom is -0.316 e. The quantitative estimate of drug-likeness (QED) is 0.722. The fourth-order valence-corrected chi connectivity index (χ4v) is 2.10. The van der Waals surface area contributed by atoms with E-state index in [0.717, 1.165) is 24.6 Å². The molecule has 1 aliphatic heterocycles. The number of hydrogen-bond acceptors (Lipinski definition) is 3. The number of hydrogen-bond donors (Lipinski definition) is 1. The molecule has 2 heterocycles. The molecule has 1 aromatic rings. The summed E-state index contributed by atoms with van der Waals surface area (Å²) in [5, 5.41) is 3.92. The van der Waals surface area contributed by atoms with Gasteiger partial charge in [-0.2, -0.15) is 0 Å². The van der Waals surface area contributed by atoms with Crippen LogP contribution in [0, 0.1) is 6.92 Å². The van der Waals surface area contributed by atoms with Crippen molar-refractivity contribution in [3.8, 4) is 0 Å². The lowest BCUT2D eigenvalue weighted by Crippen LogP contribution is -2.29. The monoisotopic (exact) mass is 211 g/mol. The van der Waals surface area contributed by atoms with E-state index in [1.807, 2.05) is 13.0 Å². The Hall–Kier alpha value is -0.670. The zero-order valence-corrected chi connectivity index (χ0v) is 9.01. The summed E-state index contributed by atoms with van der Waals surface area (Å²) in [5.74, 6) is 1.26. The molecule has 0 radical (unpaired) electrons. The highest BCUT2D eigenvalue weighted by Gasteiger charge is 2.17. The molecule has 0 saturated carbocycles.